The third kappa shape index (κ3) is 4.02. The molecule has 3 heterocycles. The van der Waals surface area contributed by atoms with Crippen LogP contribution in [-0.2, 0) is 6.54 Å². The minimum absolute atomic E-state index is 0.0280. The van der Waals surface area contributed by atoms with Gasteiger partial charge in [-0.05, 0) is 55.1 Å². The number of carbonyl (C=O) groups is 1. The topological polar surface area (TPSA) is 73.9 Å². The molecule has 5 rings (SSSR count). The molecule has 0 radical (unpaired) electrons. The van der Waals surface area contributed by atoms with Gasteiger partial charge in [-0.3, -0.25) is 9.69 Å². The van der Waals surface area contributed by atoms with Crippen LogP contribution < -0.4 is 5.32 Å². The maximum absolute atomic E-state index is 12.6. The first-order valence-electron chi connectivity index (χ1n) is 10.0. The molecule has 7 heteroatoms. The Morgan fingerprint density at radius 3 is 3.00 bits per heavy atom. The normalized spacial score (nSPS) is 17.7. The van der Waals surface area contributed by atoms with Crippen LogP contribution in [0.15, 0.2) is 48.5 Å². The second kappa shape index (κ2) is 7.93. The lowest BCUT2D eigenvalue weighted by Gasteiger charge is -2.32. The van der Waals surface area contributed by atoms with Crippen molar-refractivity contribution in [2.75, 3.05) is 19.6 Å². The van der Waals surface area contributed by atoms with Crippen molar-refractivity contribution in [2.45, 2.75) is 19.4 Å². The number of para-hydroxylation sites is 1. The van der Waals surface area contributed by atoms with Crippen LogP contribution in [0.25, 0.3) is 21.9 Å². The molecule has 1 unspecified atom stereocenters. The van der Waals surface area contributed by atoms with Gasteiger partial charge in [0.15, 0.2) is 0 Å². The molecule has 1 amide bonds. The Hall–Kier alpha value is -2.77. The number of piperidine rings is 1. The Kier molecular flexibility index (Phi) is 4.99. The second-order valence-electron chi connectivity index (χ2n) is 7.81. The lowest BCUT2D eigenvalue weighted by Crippen LogP contribution is -2.40. The highest BCUT2D eigenvalue weighted by atomic mass is 32.1. The lowest BCUT2D eigenvalue weighted by atomic mass is 9.97. The van der Waals surface area contributed by atoms with Crippen LogP contribution >= 0.6 is 11.7 Å². The van der Waals surface area contributed by atoms with E-state index in [9.17, 15) is 4.79 Å². The number of aromatic nitrogens is 3. The zero-order chi connectivity index (χ0) is 19.6. The Morgan fingerprint density at radius 1 is 1.17 bits per heavy atom. The van der Waals surface area contributed by atoms with Gasteiger partial charge in [0, 0.05) is 30.5 Å². The highest BCUT2D eigenvalue weighted by Crippen LogP contribution is 2.21. The number of nitrogens with one attached hydrogen (secondary N) is 2. The van der Waals surface area contributed by atoms with Gasteiger partial charge >= 0.3 is 0 Å². The number of hydrogen-bond acceptors (Lipinski definition) is 5. The monoisotopic (exact) mass is 405 g/mol. The number of aromatic amines is 1. The van der Waals surface area contributed by atoms with Crippen molar-refractivity contribution in [3.05, 3.63) is 59.8 Å². The zero-order valence-electron chi connectivity index (χ0n) is 16.1. The van der Waals surface area contributed by atoms with Crippen molar-refractivity contribution in [3.63, 3.8) is 0 Å². The second-order valence-corrected chi connectivity index (χ2v) is 8.34. The summed E-state index contributed by atoms with van der Waals surface area (Å²) < 4.78 is 8.61. The molecule has 2 aromatic carbocycles. The Bertz CT molecular complexity index is 1120. The summed E-state index contributed by atoms with van der Waals surface area (Å²) in [6, 6.07) is 16.2. The minimum Gasteiger partial charge on any atom is -0.351 e. The van der Waals surface area contributed by atoms with E-state index in [1.807, 2.05) is 30.3 Å². The largest absolute Gasteiger partial charge is 0.351 e. The van der Waals surface area contributed by atoms with Crippen LogP contribution in [0, 0.1) is 5.92 Å². The first kappa shape index (κ1) is 18.3. The van der Waals surface area contributed by atoms with Crippen LogP contribution in [0.3, 0.4) is 0 Å². The molecular weight excluding hydrogens is 382 g/mol. The van der Waals surface area contributed by atoms with Crippen LogP contribution in [0.5, 0.6) is 0 Å². The minimum atomic E-state index is -0.0280. The van der Waals surface area contributed by atoms with E-state index in [-0.39, 0.29) is 5.91 Å². The number of rotatable bonds is 5. The molecule has 1 atom stereocenters. The summed E-state index contributed by atoms with van der Waals surface area (Å²) in [6.45, 7) is 3.72. The van der Waals surface area contributed by atoms with E-state index < -0.39 is 0 Å². The predicted octanol–water partition coefficient (Wildman–Crippen LogP) is 3.81. The standard InChI is InChI=1S/C22H23N5OS/c28-22(21-11-17-5-1-2-6-18(17)24-21)23-12-16-4-3-9-27(14-16)13-15-7-8-19-20(10-15)26-29-25-19/h1-2,5-8,10-11,16,24H,3-4,9,12-14H2,(H,23,28). The predicted molar refractivity (Wildman–Crippen MR) is 116 cm³/mol. The van der Waals surface area contributed by atoms with Gasteiger partial charge in [-0.1, -0.05) is 24.3 Å². The van der Waals surface area contributed by atoms with Gasteiger partial charge in [0.25, 0.3) is 5.91 Å². The van der Waals surface area contributed by atoms with E-state index >= 15 is 0 Å². The molecule has 29 heavy (non-hydrogen) atoms. The SMILES string of the molecule is O=C(NCC1CCCN(Cc2ccc3nsnc3c2)C1)c1cc2ccccc2[nH]1. The highest BCUT2D eigenvalue weighted by Gasteiger charge is 2.21. The third-order valence-corrected chi connectivity index (χ3v) is 6.21. The number of carbonyl (C=O) groups excluding carboxylic acids is 1. The highest BCUT2D eigenvalue weighted by molar-refractivity contribution is 7.00. The number of benzene rings is 2. The van der Waals surface area contributed by atoms with Crippen LogP contribution in [0.1, 0.15) is 28.9 Å². The van der Waals surface area contributed by atoms with Gasteiger partial charge in [-0.25, -0.2) is 0 Å². The van der Waals surface area contributed by atoms with E-state index in [1.165, 1.54) is 17.3 Å². The fourth-order valence-corrected chi connectivity index (χ4v) is 4.69. The van der Waals surface area contributed by atoms with E-state index in [0.29, 0.717) is 18.2 Å². The third-order valence-electron chi connectivity index (χ3n) is 5.65. The first-order chi connectivity index (χ1) is 14.2. The number of nitrogens with zero attached hydrogens (tertiary/aromatic N) is 3. The van der Waals surface area contributed by atoms with Crippen molar-refractivity contribution < 1.29 is 4.79 Å². The van der Waals surface area contributed by atoms with Crippen molar-refractivity contribution in [2.24, 2.45) is 5.92 Å². The number of hydrogen-bond donors (Lipinski definition) is 2. The van der Waals surface area contributed by atoms with Crippen LogP contribution in [0.2, 0.25) is 0 Å². The molecule has 6 nitrogen and oxygen atoms in total. The molecule has 1 fully saturated rings. The van der Waals surface area contributed by atoms with Crippen molar-refractivity contribution in [1.82, 2.24) is 23.9 Å². The molecule has 1 saturated heterocycles. The quantitative estimate of drug-likeness (QED) is 0.529. The summed E-state index contributed by atoms with van der Waals surface area (Å²) in [5, 5.41) is 4.18. The molecular formula is C22H23N5OS. The Morgan fingerprint density at radius 2 is 2.07 bits per heavy atom. The number of likely N-dealkylation sites (tertiary alicyclic amines) is 1. The maximum Gasteiger partial charge on any atom is 0.267 e. The number of H-pyrrole nitrogens is 1. The maximum atomic E-state index is 12.6. The smallest absolute Gasteiger partial charge is 0.267 e. The van der Waals surface area contributed by atoms with E-state index in [0.717, 1.165) is 54.4 Å². The van der Waals surface area contributed by atoms with Gasteiger partial charge in [0.1, 0.15) is 16.7 Å². The molecule has 2 N–H and O–H groups in total. The van der Waals surface area contributed by atoms with E-state index in [1.54, 1.807) is 0 Å². The molecule has 0 aliphatic carbocycles. The molecule has 0 saturated carbocycles. The van der Waals surface area contributed by atoms with E-state index in [2.05, 4.69) is 42.1 Å². The molecule has 1 aliphatic rings. The average Bonchev–Trinajstić information content (AvgIpc) is 3.38. The van der Waals surface area contributed by atoms with Gasteiger partial charge in [-0.2, -0.15) is 8.75 Å². The molecule has 2 aromatic heterocycles. The number of fused-ring (bicyclic) bond motifs is 2. The fraction of sp³-hybridized carbons (Fsp3) is 0.318. The van der Waals surface area contributed by atoms with Crippen molar-refractivity contribution in [3.8, 4) is 0 Å². The fourth-order valence-electron chi connectivity index (χ4n) is 4.17. The lowest BCUT2D eigenvalue weighted by molar-refractivity contribution is 0.0926. The van der Waals surface area contributed by atoms with Crippen molar-refractivity contribution >= 4 is 39.6 Å². The average molecular weight is 406 g/mol. The molecule has 148 valence electrons. The Balaban J connectivity index is 1.17. The summed E-state index contributed by atoms with van der Waals surface area (Å²) in [6.07, 6.45) is 2.31. The summed E-state index contributed by atoms with van der Waals surface area (Å²) in [4.78, 5) is 18.2. The first-order valence-corrected chi connectivity index (χ1v) is 10.8. The molecule has 4 aromatic rings. The summed E-state index contributed by atoms with van der Waals surface area (Å²) in [7, 11) is 0. The van der Waals surface area contributed by atoms with Gasteiger partial charge in [0.05, 0.1) is 11.7 Å². The van der Waals surface area contributed by atoms with Crippen molar-refractivity contribution in [1.29, 1.82) is 0 Å². The van der Waals surface area contributed by atoms with Gasteiger partial charge in [0.2, 0.25) is 0 Å². The van der Waals surface area contributed by atoms with Crippen LogP contribution in [0.4, 0.5) is 0 Å². The molecule has 1 aliphatic heterocycles. The zero-order valence-corrected chi connectivity index (χ0v) is 16.9. The molecule has 0 spiro atoms. The number of amides is 1. The van der Waals surface area contributed by atoms with Gasteiger partial charge < -0.3 is 10.3 Å². The summed E-state index contributed by atoms with van der Waals surface area (Å²) >= 11 is 1.26. The van der Waals surface area contributed by atoms with Crippen LogP contribution in [-0.4, -0.2) is 44.2 Å². The summed E-state index contributed by atoms with van der Waals surface area (Å²) in [5.74, 6) is 0.446. The molecule has 0 bridgehead atoms. The van der Waals surface area contributed by atoms with Gasteiger partial charge in [-0.15, -0.1) is 0 Å². The van der Waals surface area contributed by atoms with E-state index in [4.69, 9.17) is 0 Å². The summed E-state index contributed by atoms with van der Waals surface area (Å²) in [5.41, 5.74) is 4.84. The Labute approximate surface area is 173 Å².